The normalized spacial score (nSPS) is 22.1. The molecule has 98 valence electrons. The fourth-order valence-corrected chi connectivity index (χ4v) is 2.06. The molecule has 0 aliphatic carbocycles. The van der Waals surface area contributed by atoms with E-state index in [1.165, 1.54) is 0 Å². The lowest BCUT2D eigenvalue weighted by Gasteiger charge is -2.38. The van der Waals surface area contributed by atoms with Crippen molar-refractivity contribution in [1.82, 2.24) is 5.32 Å². The van der Waals surface area contributed by atoms with E-state index < -0.39 is 17.6 Å². The highest BCUT2D eigenvalue weighted by Crippen LogP contribution is 2.45. The molecular weight excluding hydrogens is 238 g/mol. The van der Waals surface area contributed by atoms with Gasteiger partial charge in [0.25, 0.3) is 0 Å². The number of alkyl carbamates (subject to hydrolysis) is 1. The van der Waals surface area contributed by atoms with Crippen molar-refractivity contribution in [3.8, 4) is 17.2 Å². The largest absolute Gasteiger partial charge is 0.508 e. The number of phenolic OH excluding ortho intramolecular Hbond substituents is 3. The number of nitrogens with one attached hydrogen (secondary N) is 1. The van der Waals surface area contributed by atoms with E-state index in [1.807, 2.05) is 13.8 Å². The summed E-state index contributed by atoms with van der Waals surface area (Å²) in [5.74, 6) is -0.787. The molecule has 0 aromatic heterocycles. The summed E-state index contributed by atoms with van der Waals surface area (Å²) in [5.41, 5.74) is -0.325. The van der Waals surface area contributed by atoms with Crippen molar-refractivity contribution in [1.29, 1.82) is 0 Å². The van der Waals surface area contributed by atoms with Crippen LogP contribution in [0.2, 0.25) is 0 Å². The topological polar surface area (TPSA) is 99.0 Å². The Balaban J connectivity index is 2.49. The number of hydrogen-bond donors (Lipinski definition) is 4. The van der Waals surface area contributed by atoms with Crippen molar-refractivity contribution >= 4 is 6.09 Å². The number of ether oxygens (including phenoxy) is 1. The van der Waals surface area contributed by atoms with E-state index in [1.54, 1.807) is 0 Å². The minimum atomic E-state index is -0.605. The third-order valence-corrected chi connectivity index (χ3v) is 3.03. The first kappa shape index (κ1) is 12.3. The summed E-state index contributed by atoms with van der Waals surface area (Å²) in [6.07, 6.45) is -0.605. The van der Waals surface area contributed by atoms with Gasteiger partial charge in [0.1, 0.15) is 23.9 Å². The molecule has 6 nitrogen and oxygen atoms in total. The third kappa shape index (κ3) is 2.01. The summed E-state index contributed by atoms with van der Waals surface area (Å²) in [4.78, 5) is 11.3. The molecule has 0 spiro atoms. The second kappa shape index (κ2) is 3.97. The van der Waals surface area contributed by atoms with Gasteiger partial charge >= 0.3 is 6.09 Å². The summed E-state index contributed by atoms with van der Waals surface area (Å²) >= 11 is 0. The van der Waals surface area contributed by atoms with Gasteiger partial charge in [-0.25, -0.2) is 4.79 Å². The highest BCUT2D eigenvalue weighted by molar-refractivity contribution is 5.70. The number of benzene rings is 1. The maximum Gasteiger partial charge on any atom is 0.407 e. The van der Waals surface area contributed by atoms with Gasteiger partial charge in [-0.15, -0.1) is 0 Å². The molecule has 1 heterocycles. The molecule has 1 fully saturated rings. The van der Waals surface area contributed by atoms with Crippen molar-refractivity contribution in [3.05, 3.63) is 17.7 Å². The molecule has 1 aliphatic rings. The molecule has 1 aromatic rings. The minimum absolute atomic E-state index is 0.170. The average Bonchev–Trinajstić information content (AvgIpc) is 2.22. The molecule has 4 N–H and O–H groups in total. The molecule has 0 bridgehead atoms. The Labute approximate surface area is 104 Å². The standard InChI is InChI=1S/C12H15NO5/c1-12(2)5-18-11(17)13-10(12)9-7(15)3-6(14)4-8(9)16/h3-4,10,14-16H,5H2,1-2H3,(H,13,17)/t10-/m1/s1. The summed E-state index contributed by atoms with van der Waals surface area (Å²) in [5, 5.41) is 31.5. The van der Waals surface area contributed by atoms with Gasteiger partial charge in [-0.2, -0.15) is 0 Å². The molecule has 0 saturated carbocycles. The van der Waals surface area contributed by atoms with Crippen molar-refractivity contribution in [2.24, 2.45) is 5.41 Å². The Kier molecular flexibility index (Phi) is 2.73. The Hall–Kier alpha value is -2.11. The van der Waals surface area contributed by atoms with Crippen LogP contribution < -0.4 is 5.32 Å². The molecular formula is C12H15NO5. The van der Waals surface area contributed by atoms with Crippen LogP contribution in [0.4, 0.5) is 4.79 Å². The van der Waals surface area contributed by atoms with Crippen LogP contribution in [-0.2, 0) is 4.74 Å². The fraction of sp³-hybridized carbons (Fsp3) is 0.417. The van der Waals surface area contributed by atoms with Gasteiger partial charge in [-0.1, -0.05) is 13.8 Å². The van der Waals surface area contributed by atoms with Crippen molar-refractivity contribution < 1.29 is 24.9 Å². The van der Waals surface area contributed by atoms with Crippen LogP contribution in [0.25, 0.3) is 0 Å². The third-order valence-electron chi connectivity index (χ3n) is 3.03. The molecule has 1 amide bonds. The lowest BCUT2D eigenvalue weighted by Crippen LogP contribution is -2.46. The zero-order chi connectivity index (χ0) is 13.5. The van der Waals surface area contributed by atoms with E-state index >= 15 is 0 Å². The smallest absolute Gasteiger partial charge is 0.407 e. The lowest BCUT2D eigenvalue weighted by molar-refractivity contribution is 0.0375. The first-order valence-corrected chi connectivity index (χ1v) is 5.49. The molecule has 18 heavy (non-hydrogen) atoms. The number of carbonyl (C=O) groups is 1. The van der Waals surface area contributed by atoms with Crippen LogP contribution in [0, 0.1) is 5.41 Å². The Morgan fingerprint density at radius 2 is 1.83 bits per heavy atom. The van der Waals surface area contributed by atoms with Crippen LogP contribution in [0.3, 0.4) is 0 Å². The van der Waals surface area contributed by atoms with Crippen LogP contribution in [0.5, 0.6) is 17.2 Å². The molecule has 0 radical (unpaired) electrons. The SMILES string of the molecule is CC1(C)COC(=O)N[C@@H]1c1c(O)cc(O)cc1O. The highest BCUT2D eigenvalue weighted by Gasteiger charge is 2.40. The highest BCUT2D eigenvalue weighted by atomic mass is 16.6. The number of carbonyl (C=O) groups excluding carboxylic acids is 1. The zero-order valence-corrected chi connectivity index (χ0v) is 10.1. The number of cyclic esters (lactones) is 1. The molecule has 1 aliphatic heterocycles. The van der Waals surface area contributed by atoms with Gasteiger partial charge in [-0.05, 0) is 0 Å². The Morgan fingerprint density at radius 3 is 2.39 bits per heavy atom. The number of phenols is 3. The van der Waals surface area contributed by atoms with E-state index in [2.05, 4.69) is 5.32 Å². The Bertz CT molecular complexity index is 474. The predicted molar refractivity (Wildman–Crippen MR) is 62.4 cm³/mol. The minimum Gasteiger partial charge on any atom is -0.508 e. The molecule has 1 saturated heterocycles. The zero-order valence-electron chi connectivity index (χ0n) is 10.1. The van der Waals surface area contributed by atoms with Gasteiger partial charge in [0.05, 0.1) is 11.6 Å². The summed E-state index contributed by atoms with van der Waals surface area (Å²) in [7, 11) is 0. The number of aromatic hydroxyl groups is 3. The summed E-state index contributed by atoms with van der Waals surface area (Å²) in [6.45, 7) is 3.84. The molecule has 0 unspecified atom stereocenters. The number of amides is 1. The summed E-state index contributed by atoms with van der Waals surface area (Å²) < 4.78 is 4.89. The maximum atomic E-state index is 11.3. The number of hydrogen-bond acceptors (Lipinski definition) is 5. The van der Waals surface area contributed by atoms with Gasteiger partial charge in [0, 0.05) is 17.5 Å². The van der Waals surface area contributed by atoms with Crippen LogP contribution in [0.1, 0.15) is 25.5 Å². The van der Waals surface area contributed by atoms with E-state index in [4.69, 9.17) is 4.74 Å². The fourth-order valence-electron chi connectivity index (χ4n) is 2.06. The quantitative estimate of drug-likeness (QED) is 0.609. The van der Waals surface area contributed by atoms with Gasteiger partial charge < -0.3 is 25.4 Å². The first-order valence-electron chi connectivity index (χ1n) is 5.49. The van der Waals surface area contributed by atoms with Crippen LogP contribution in [0.15, 0.2) is 12.1 Å². The molecule has 1 atom stereocenters. The van der Waals surface area contributed by atoms with E-state index in [0.29, 0.717) is 0 Å². The first-order chi connectivity index (χ1) is 8.31. The Morgan fingerprint density at radius 1 is 1.28 bits per heavy atom. The van der Waals surface area contributed by atoms with Crippen molar-refractivity contribution in [3.63, 3.8) is 0 Å². The van der Waals surface area contributed by atoms with E-state index in [9.17, 15) is 20.1 Å². The second-order valence-corrected chi connectivity index (χ2v) is 5.04. The van der Waals surface area contributed by atoms with Gasteiger partial charge in [-0.3, -0.25) is 0 Å². The predicted octanol–water partition coefficient (Wildman–Crippen LogP) is 1.61. The molecule has 1 aromatic carbocycles. The van der Waals surface area contributed by atoms with Crippen LogP contribution >= 0.6 is 0 Å². The van der Waals surface area contributed by atoms with Gasteiger partial charge in [0.2, 0.25) is 0 Å². The average molecular weight is 253 g/mol. The van der Waals surface area contributed by atoms with Crippen molar-refractivity contribution in [2.45, 2.75) is 19.9 Å². The lowest BCUT2D eigenvalue weighted by atomic mass is 9.79. The number of rotatable bonds is 1. The van der Waals surface area contributed by atoms with Gasteiger partial charge in [0.15, 0.2) is 0 Å². The molecule has 2 rings (SSSR count). The van der Waals surface area contributed by atoms with E-state index in [-0.39, 0.29) is 29.4 Å². The van der Waals surface area contributed by atoms with Crippen LogP contribution in [-0.4, -0.2) is 28.0 Å². The molecule has 6 heteroatoms. The monoisotopic (exact) mass is 253 g/mol. The maximum absolute atomic E-state index is 11.3. The second-order valence-electron chi connectivity index (χ2n) is 5.04. The van der Waals surface area contributed by atoms with E-state index in [0.717, 1.165) is 12.1 Å². The van der Waals surface area contributed by atoms with Crippen molar-refractivity contribution in [2.75, 3.05) is 6.61 Å². The summed E-state index contributed by atoms with van der Waals surface area (Å²) in [6, 6.07) is 1.64.